The lowest BCUT2D eigenvalue weighted by atomic mass is 9.87. The van der Waals surface area contributed by atoms with Gasteiger partial charge in [0.15, 0.2) is 0 Å². The Morgan fingerprint density at radius 2 is 2.16 bits per heavy atom. The van der Waals surface area contributed by atoms with Gasteiger partial charge >= 0.3 is 0 Å². The Hall–Kier alpha value is -2.99. The number of rotatable bonds is 2. The molecule has 1 aliphatic carbocycles. The summed E-state index contributed by atoms with van der Waals surface area (Å²) in [4.78, 5) is 8.96. The highest BCUT2D eigenvalue weighted by Crippen LogP contribution is 2.32. The molecule has 0 aliphatic heterocycles. The highest BCUT2D eigenvalue weighted by Gasteiger charge is 2.19. The summed E-state index contributed by atoms with van der Waals surface area (Å²) in [6, 6.07) is 10.3. The summed E-state index contributed by atoms with van der Waals surface area (Å²) >= 11 is 0. The zero-order valence-electron chi connectivity index (χ0n) is 13.6. The highest BCUT2D eigenvalue weighted by atomic mass is 16.5. The second-order valence-corrected chi connectivity index (χ2v) is 6.42. The average Bonchev–Trinajstić information content (AvgIpc) is 3.31. The van der Waals surface area contributed by atoms with Gasteiger partial charge in [-0.05, 0) is 54.7 Å². The average molecular weight is 331 g/mol. The number of nitrogens with two attached hydrogens (primary N) is 1. The van der Waals surface area contributed by atoms with Gasteiger partial charge in [0.25, 0.3) is 5.89 Å². The minimum absolute atomic E-state index is 0.133. The lowest BCUT2D eigenvalue weighted by molar-refractivity contribution is 0.432. The van der Waals surface area contributed by atoms with E-state index in [9.17, 15) is 0 Å². The molecule has 3 heterocycles. The zero-order valence-corrected chi connectivity index (χ0v) is 13.6. The van der Waals surface area contributed by atoms with E-state index in [0.717, 1.165) is 36.0 Å². The van der Waals surface area contributed by atoms with E-state index in [1.807, 2.05) is 35.0 Å². The quantitative estimate of drug-likeness (QED) is 0.609. The van der Waals surface area contributed by atoms with Gasteiger partial charge in [0.2, 0.25) is 5.82 Å². The standard InChI is InChI=1S/C19H17N5O/c20-16-5-1-3-12-11-13(6-7-14(12)16)19-22-17(23-25-19)15-4-2-9-24-10-8-21-18(15)24/h2,4,6-11,16H,1,3,5,20H2. The fourth-order valence-corrected chi connectivity index (χ4v) is 3.56. The number of aromatic nitrogens is 4. The Morgan fingerprint density at radius 1 is 1.20 bits per heavy atom. The molecule has 1 aromatic carbocycles. The van der Waals surface area contributed by atoms with Crippen molar-refractivity contribution in [2.45, 2.75) is 25.3 Å². The summed E-state index contributed by atoms with van der Waals surface area (Å²) in [7, 11) is 0. The van der Waals surface area contributed by atoms with Crippen molar-refractivity contribution in [2.75, 3.05) is 0 Å². The van der Waals surface area contributed by atoms with E-state index in [2.05, 4.69) is 27.3 Å². The number of hydrogen-bond donors (Lipinski definition) is 1. The molecule has 0 spiro atoms. The van der Waals surface area contributed by atoms with E-state index >= 15 is 0 Å². The molecule has 4 aromatic rings. The number of nitrogens with zero attached hydrogens (tertiary/aromatic N) is 4. The summed E-state index contributed by atoms with van der Waals surface area (Å²) in [6.07, 6.45) is 8.81. The van der Waals surface area contributed by atoms with Crippen molar-refractivity contribution < 1.29 is 4.52 Å². The lowest BCUT2D eigenvalue weighted by Gasteiger charge is -2.22. The number of benzene rings is 1. The zero-order chi connectivity index (χ0) is 16.8. The predicted molar refractivity (Wildman–Crippen MR) is 93.8 cm³/mol. The van der Waals surface area contributed by atoms with Crippen LogP contribution in [0.15, 0.2) is 53.4 Å². The molecule has 0 radical (unpaired) electrons. The Labute approximate surface area is 144 Å². The maximum absolute atomic E-state index is 6.20. The van der Waals surface area contributed by atoms with Crippen LogP contribution in [0.2, 0.25) is 0 Å². The van der Waals surface area contributed by atoms with Crippen molar-refractivity contribution in [3.05, 3.63) is 60.0 Å². The molecule has 0 amide bonds. The third kappa shape index (κ3) is 2.34. The number of hydrogen-bond acceptors (Lipinski definition) is 5. The summed E-state index contributed by atoms with van der Waals surface area (Å²) in [5.74, 6) is 1.06. The van der Waals surface area contributed by atoms with Crippen LogP contribution >= 0.6 is 0 Å². The second-order valence-electron chi connectivity index (χ2n) is 6.42. The Balaban J connectivity index is 1.56. The number of fused-ring (bicyclic) bond motifs is 2. The van der Waals surface area contributed by atoms with Crippen molar-refractivity contribution >= 4 is 5.65 Å². The molecule has 0 saturated carbocycles. The van der Waals surface area contributed by atoms with Crippen LogP contribution in [-0.4, -0.2) is 19.5 Å². The molecule has 0 saturated heterocycles. The third-order valence-electron chi connectivity index (χ3n) is 4.84. The molecular formula is C19H17N5O. The van der Waals surface area contributed by atoms with Crippen LogP contribution in [0.25, 0.3) is 28.5 Å². The van der Waals surface area contributed by atoms with Gasteiger partial charge < -0.3 is 14.7 Å². The van der Waals surface area contributed by atoms with E-state index < -0.39 is 0 Å². The first kappa shape index (κ1) is 14.4. The first-order valence-electron chi connectivity index (χ1n) is 8.44. The molecule has 3 aromatic heterocycles. The Kier molecular flexibility index (Phi) is 3.18. The van der Waals surface area contributed by atoms with Crippen LogP contribution in [0, 0.1) is 0 Å². The van der Waals surface area contributed by atoms with Crippen LogP contribution in [0.4, 0.5) is 0 Å². The summed E-state index contributed by atoms with van der Waals surface area (Å²) in [5.41, 5.74) is 11.3. The Morgan fingerprint density at radius 3 is 3.12 bits per heavy atom. The normalized spacial score (nSPS) is 16.9. The largest absolute Gasteiger partial charge is 0.334 e. The smallest absolute Gasteiger partial charge is 0.258 e. The molecule has 0 bridgehead atoms. The lowest BCUT2D eigenvalue weighted by Crippen LogP contribution is -2.17. The molecule has 6 heteroatoms. The molecule has 6 nitrogen and oxygen atoms in total. The number of aryl methyl sites for hydroxylation is 1. The van der Waals surface area contributed by atoms with Crippen molar-refractivity contribution in [3.8, 4) is 22.8 Å². The van der Waals surface area contributed by atoms with Crippen molar-refractivity contribution in [1.82, 2.24) is 19.5 Å². The number of imidazole rings is 1. The summed E-state index contributed by atoms with van der Waals surface area (Å²) in [5, 5.41) is 4.16. The van der Waals surface area contributed by atoms with E-state index in [1.54, 1.807) is 6.20 Å². The number of pyridine rings is 1. The summed E-state index contributed by atoms with van der Waals surface area (Å²) in [6.45, 7) is 0. The van der Waals surface area contributed by atoms with Gasteiger partial charge in [-0.15, -0.1) is 0 Å². The topological polar surface area (TPSA) is 82.2 Å². The molecule has 1 atom stereocenters. The first-order valence-corrected chi connectivity index (χ1v) is 8.44. The predicted octanol–water partition coefficient (Wildman–Crippen LogP) is 3.39. The maximum Gasteiger partial charge on any atom is 0.258 e. The molecule has 5 rings (SSSR count). The SMILES string of the molecule is NC1CCCc2cc(-c3nc(-c4cccn5ccnc45)no3)ccc21. The second kappa shape index (κ2) is 5.53. The fraction of sp³-hybridized carbons (Fsp3) is 0.211. The molecule has 124 valence electrons. The van der Waals surface area contributed by atoms with Gasteiger partial charge in [-0.25, -0.2) is 4.98 Å². The molecule has 1 unspecified atom stereocenters. The van der Waals surface area contributed by atoms with Crippen LogP contribution < -0.4 is 5.73 Å². The molecule has 0 fully saturated rings. The highest BCUT2D eigenvalue weighted by molar-refractivity contribution is 5.73. The van der Waals surface area contributed by atoms with Gasteiger partial charge in [-0.1, -0.05) is 11.2 Å². The maximum atomic E-state index is 6.20. The van der Waals surface area contributed by atoms with Crippen molar-refractivity contribution in [3.63, 3.8) is 0 Å². The van der Waals surface area contributed by atoms with Crippen molar-refractivity contribution in [1.29, 1.82) is 0 Å². The van der Waals surface area contributed by atoms with E-state index in [-0.39, 0.29) is 6.04 Å². The third-order valence-corrected chi connectivity index (χ3v) is 4.84. The molecular weight excluding hydrogens is 314 g/mol. The van der Waals surface area contributed by atoms with Crippen LogP contribution in [0.5, 0.6) is 0 Å². The van der Waals surface area contributed by atoms with E-state index in [0.29, 0.717) is 11.7 Å². The monoisotopic (exact) mass is 331 g/mol. The summed E-state index contributed by atoms with van der Waals surface area (Å²) < 4.78 is 7.46. The van der Waals surface area contributed by atoms with Gasteiger partial charge in [0.05, 0.1) is 5.56 Å². The van der Waals surface area contributed by atoms with E-state index in [4.69, 9.17) is 10.3 Å². The van der Waals surface area contributed by atoms with Crippen molar-refractivity contribution in [2.24, 2.45) is 5.73 Å². The minimum Gasteiger partial charge on any atom is -0.334 e. The molecule has 25 heavy (non-hydrogen) atoms. The Bertz CT molecular complexity index is 1060. The van der Waals surface area contributed by atoms with Gasteiger partial charge in [-0.3, -0.25) is 0 Å². The van der Waals surface area contributed by atoms with E-state index in [1.165, 1.54) is 11.1 Å². The van der Waals surface area contributed by atoms with Crippen LogP contribution in [-0.2, 0) is 6.42 Å². The molecule has 1 aliphatic rings. The van der Waals surface area contributed by atoms with Gasteiger partial charge in [-0.2, -0.15) is 4.98 Å². The van der Waals surface area contributed by atoms with Crippen LogP contribution in [0.1, 0.15) is 30.0 Å². The van der Waals surface area contributed by atoms with Crippen LogP contribution in [0.3, 0.4) is 0 Å². The molecule has 2 N–H and O–H groups in total. The van der Waals surface area contributed by atoms with Gasteiger partial charge in [0.1, 0.15) is 5.65 Å². The van der Waals surface area contributed by atoms with Gasteiger partial charge in [0, 0.05) is 30.2 Å². The fourth-order valence-electron chi connectivity index (χ4n) is 3.56. The first-order chi connectivity index (χ1) is 12.3. The minimum atomic E-state index is 0.133.